The smallest absolute Gasteiger partial charge is 0.255 e. The van der Waals surface area contributed by atoms with Gasteiger partial charge in [0.25, 0.3) is 5.91 Å². The monoisotopic (exact) mass is 412 g/mol. The number of nitrogens with one attached hydrogen (secondary N) is 1. The number of carbonyl (C=O) groups is 2. The molecule has 0 radical (unpaired) electrons. The molecule has 1 N–H and O–H groups in total. The zero-order valence-corrected chi connectivity index (χ0v) is 17.7. The summed E-state index contributed by atoms with van der Waals surface area (Å²) in [6, 6.07) is 27.5. The number of amides is 2. The maximum absolute atomic E-state index is 13.1. The Morgan fingerprint density at radius 1 is 0.742 bits per heavy atom. The van der Waals surface area contributed by atoms with Crippen molar-refractivity contribution in [1.82, 2.24) is 4.90 Å². The average molecular weight is 413 g/mol. The van der Waals surface area contributed by atoms with Gasteiger partial charge < -0.3 is 10.2 Å². The predicted octanol–water partition coefficient (Wildman–Crippen LogP) is 5.47. The molecule has 1 saturated heterocycles. The Balaban J connectivity index is 1.53. The van der Waals surface area contributed by atoms with Gasteiger partial charge in [0.1, 0.15) is 0 Å². The van der Waals surface area contributed by atoms with Crippen LogP contribution in [0.1, 0.15) is 53.1 Å². The van der Waals surface area contributed by atoms with Crippen LogP contribution in [-0.2, 0) is 4.79 Å². The van der Waals surface area contributed by atoms with Crippen LogP contribution in [0.5, 0.6) is 0 Å². The molecule has 158 valence electrons. The number of anilines is 1. The number of rotatable bonds is 6. The van der Waals surface area contributed by atoms with E-state index in [1.54, 1.807) is 6.07 Å². The lowest BCUT2D eigenvalue weighted by Crippen LogP contribution is -2.36. The Morgan fingerprint density at radius 3 is 1.90 bits per heavy atom. The third-order valence-electron chi connectivity index (χ3n) is 5.87. The third kappa shape index (κ3) is 5.21. The number of carbonyl (C=O) groups excluding carboxylic acids is 2. The van der Waals surface area contributed by atoms with Crippen LogP contribution in [0.3, 0.4) is 0 Å². The van der Waals surface area contributed by atoms with Gasteiger partial charge in [-0.15, -0.1) is 0 Å². The molecule has 1 fully saturated rings. The maximum atomic E-state index is 13.1. The zero-order chi connectivity index (χ0) is 21.5. The van der Waals surface area contributed by atoms with Crippen molar-refractivity contribution >= 4 is 17.5 Å². The molecule has 0 spiro atoms. The van der Waals surface area contributed by atoms with Gasteiger partial charge in [-0.25, -0.2) is 0 Å². The summed E-state index contributed by atoms with van der Waals surface area (Å²) in [7, 11) is 0. The Hall–Kier alpha value is -3.40. The Morgan fingerprint density at radius 2 is 1.29 bits per heavy atom. The molecule has 0 unspecified atom stereocenters. The maximum Gasteiger partial charge on any atom is 0.255 e. The first kappa shape index (κ1) is 20.9. The molecule has 3 aromatic carbocycles. The minimum absolute atomic E-state index is 0.00160. The Kier molecular flexibility index (Phi) is 6.78. The molecule has 4 rings (SSSR count). The molecule has 0 atom stereocenters. The van der Waals surface area contributed by atoms with Crippen LogP contribution < -0.4 is 5.32 Å². The summed E-state index contributed by atoms with van der Waals surface area (Å²) in [6.45, 7) is 1.57. The minimum atomic E-state index is -0.100. The number of likely N-dealkylation sites (tertiary alicyclic amines) is 1. The molecule has 4 heteroatoms. The van der Waals surface area contributed by atoms with Gasteiger partial charge in [-0.2, -0.15) is 0 Å². The minimum Gasteiger partial charge on any atom is -0.339 e. The average Bonchev–Trinajstić information content (AvgIpc) is 2.84. The van der Waals surface area contributed by atoms with E-state index in [9.17, 15) is 9.59 Å². The summed E-state index contributed by atoms with van der Waals surface area (Å²) in [4.78, 5) is 28.0. The van der Waals surface area contributed by atoms with E-state index in [4.69, 9.17) is 0 Å². The van der Waals surface area contributed by atoms with Crippen molar-refractivity contribution in [3.05, 3.63) is 102 Å². The van der Waals surface area contributed by atoms with E-state index in [2.05, 4.69) is 29.6 Å². The van der Waals surface area contributed by atoms with Crippen LogP contribution in [0.15, 0.2) is 84.9 Å². The van der Waals surface area contributed by atoms with E-state index in [1.807, 2.05) is 59.5 Å². The topological polar surface area (TPSA) is 49.4 Å². The molecule has 4 nitrogen and oxygen atoms in total. The molecule has 1 heterocycles. The first-order valence-electron chi connectivity index (χ1n) is 11.0. The fourth-order valence-corrected chi connectivity index (χ4v) is 4.23. The van der Waals surface area contributed by atoms with Crippen LogP contribution in [0, 0.1) is 0 Å². The highest BCUT2D eigenvalue weighted by molar-refractivity contribution is 6.04. The summed E-state index contributed by atoms with van der Waals surface area (Å²) in [5.41, 5.74) is 3.35. The van der Waals surface area contributed by atoms with Crippen molar-refractivity contribution < 1.29 is 9.59 Å². The molecule has 0 bridgehead atoms. The van der Waals surface area contributed by atoms with Crippen LogP contribution in [0.4, 0.5) is 5.69 Å². The Labute approximate surface area is 183 Å². The van der Waals surface area contributed by atoms with Gasteiger partial charge in [-0.1, -0.05) is 72.8 Å². The van der Waals surface area contributed by atoms with Crippen molar-refractivity contribution in [2.75, 3.05) is 18.4 Å². The second-order valence-corrected chi connectivity index (χ2v) is 8.02. The largest absolute Gasteiger partial charge is 0.339 e. The van der Waals surface area contributed by atoms with Gasteiger partial charge in [0.15, 0.2) is 0 Å². The lowest BCUT2D eigenvalue weighted by molar-refractivity contribution is -0.116. The van der Waals surface area contributed by atoms with E-state index in [-0.39, 0.29) is 17.7 Å². The molecule has 0 aliphatic carbocycles. The first-order valence-corrected chi connectivity index (χ1v) is 11.0. The summed E-state index contributed by atoms with van der Waals surface area (Å²) in [6.07, 6.45) is 3.55. The lowest BCUT2D eigenvalue weighted by atomic mass is 9.88. The quantitative estimate of drug-likeness (QED) is 0.583. The highest BCUT2D eigenvalue weighted by Crippen LogP contribution is 2.29. The number of piperidine rings is 1. The SMILES string of the molecule is O=C(CC(c1ccccc1)c1ccccc1)Nc1ccccc1C(=O)N1CCCCC1. The van der Waals surface area contributed by atoms with Crippen LogP contribution in [0.25, 0.3) is 0 Å². The lowest BCUT2D eigenvalue weighted by Gasteiger charge is -2.27. The molecular formula is C27H28N2O2. The summed E-state index contributed by atoms with van der Waals surface area (Å²) >= 11 is 0. The van der Waals surface area contributed by atoms with Gasteiger partial charge >= 0.3 is 0 Å². The van der Waals surface area contributed by atoms with E-state index < -0.39 is 0 Å². The van der Waals surface area contributed by atoms with Gasteiger partial charge in [0.05, 0.1) is 11.3 Å². The number of hydrogen-bond acceptors (Lipinski definition) is 2. The molecule has 0 aromatic heterocycles. The number of para-hydroxylation sites is 1. The second kappa shape index (κ2) is 10.1. The van der Waals surface area contributed by atoms with E-state index in [0.717, 1.165) is 37.1 Å². The second-order valence-electron chi connectivity index (χ2n) is 8.02. The molecular weight excluding hydrogens is 384 g/mol. The van der Waals surface area contributed by atoms with Gasteiger partial charge in [0.2, 0.25) is 5.91 Å². The highest BCUT2D eigenvalue weighted by atomic mass is 16.2. The molecule has 1 aliphatic heterocycles. The van der Waals surface area contributed by atoms with E-state index in [1.165, 1.54) is 6.42 Å². The van der Waals surface area contributed by atoms with Crippen LogP contribution >= 0.6 is 0 Å². The summed E-state index contributed by atoms with van der Waals surface area (Å²) in [5.74, 6) is -0.151. The number of hydrogen-bond donors (Lipinski definition) is 1. The summed E-state index contributed by atoms with van der Waals surface area (Å²) < 4.78 is 0. The van der Waals surface area contributed by atoms with Crippen LogP contribution in [-0.4, -0.2) is 29.8 Å². The van der Waals surface area contributed by atoms with Crippen molar-refractivity contribution in [1.29, 1.82) is 0 Å². The molecule has 31 heavy (non-hydrogen) atoms. The Bertz CT molecular complexity index is 972. The molecule has 2 amide bonds. The van der Waals surface area contributed by atoms with Crippen molar-refractivity contribution in [2.45, 2.75) is 31.6 Å². The summed E-state index contributed by atoms with van der Waals surface area (Å²) in [5, 5.41) is 3.01. The normalized spacial score (nSPS) is 13.8. The zero-order valence-electron chi connectivity index (χ0n) is 17.7. The van der Waals surface area contributed by atoms with Gasteiger partial charge in [-0.05, 0) is 42.5 Å². The van der Waals surface area contributed by atoms with Gasteiger partial charge in [-0.3, -0.25) is 9.59 Å². The van der Waals surface area contributed by atoms with Crippen molar-refractivity contribution in [3.63, 3.8) is 0 Å². The first-order chi connectivity index (χ1) is 15.2. The standard InChI is InChI=1S/C27H28N2O2/c30-26(20-24(21-12-4-1-5-13-21)22-14-6-2-7-15-22)28-25-17-9-8-16-23(25)27(31)29-18-10-3-11-19-29/h1-2,4-9,12-17,24H,3,10-11,18-20H2,(H,28,30). The highest BCUT2D eigenvalue weighted by Gasteiger charge is 2.23. The van der Waals surface area contributed by atoms with Crippen LogP contribution in [0.2, 0.25) is 0 Å². The third-order valence-corrected chi connectivity index (χ3v) is 5.87. The van der Waals surface area contributed by atoms with E-state index in [0.29, 0.717) is 17.7 Å². The molecule has 1 aliphatic rings. The number of benzene rings is 3. The molecule has 0 saturated carbocycles. The van der Waals surface area contributed by atoms with Gasteiger partial charge in [0, 0.05) is 25.4 Å². The fraction of sp³-hybridized carbons (Fsp3) is 0.259. The van der Waals surface area contributed by atoms with Crippen molar-refractivity contribution in [2.24, 2.45) is 0 Å². The fourth-order valence-electron chi connectivity index (χ4n) is 4.23. The number of nitrogens with zero attached hydrogens (tertiary/aromatic N) is 1. The molecule has 3 aromatic rings. The van der Waals surface area contributed by atoms with E-state index >= 15 is 0 Å². The van der Waals surface area contributed by atoms with Crippen molar-refractivity contribution in [3.8, 4) is 0 Å². The predicted molar refractivity (Wildman–Crippen MR) is 124 cm³/mol.